The highest BCUT2D eigenvalue weighted by molar-refractivity contribution is 8.93. The Hall–Kier alpha value is -0.950. The van der Waals surface area contributed by atoms with E-state index >= 15 is 0 Å². The van der Waals surface area contributed by atoms with Gasteiger partial charge in [0.2, 0.25) is 0 Å². The van der Waals surface area contributed by atoms with Gasteiger partial charge in [0.1, 0.15) is 23.2 Å². The zero-order chi connectivity index (χ0) is 14.5. The molecule has 0 amide bonds. The predicted molar refractivity (Wildman–Crippen MR) is 116 cm³/mol. The van der Waals surface area contributed by atoms with Gasteiger partial charge in [-0.2, -0.15) is 0 Å². The van der Waals surface area contributed by atoms with E-state index in [-0.39, 0.29) is 34.0 Å². The smallest absolute Gasteiger partial charge is 0.111 e. The predicted octanol–water partition coefficient (Wildman–Crippen LogP) is 5.16. The molecule has 0 radical (unpaired) electrons. The lowest BCUT2D eigenvalue weighted by Crippen LogP contribution is -2.32. The van der Waals surface area contributed by atoms with Crippen LogP contribution in [0.25, 0.3) is 0 Å². The largest absolute Gasteiger partial charge is 0.114 e. The van der Waals surface area contributed by atoms with E-state index in [1.807, 2.05) is 0 Å². The van der Waals surface area contributed by atoms with E-state index in [1.165, 1.54) is 15.9 Å². The Kier molecular flexibility index (Phi) is 8.19. The molecule has 0 unspecified atom stereocenters. The van der Waals surface area contributed by atoms with Gasteiger partial charge in [0.25, 0.3) is 0 Å². The number of hydrogen-bond acceptors (Lipinski definition) is 0. The van der Waals surface area contributed by atoms with E-state index in [2.05, 4.69) is 97.9 Å². The molecule has 0 atom stereocenters. The van der Waals surface area contributed by atoms with E-state index in [0.717, 1.165) is 6.16 Å². The normalized spacial score (nSPS) is 10.3. The summed E-state index contributed by atoms with van der Waals surface area (Å²) in [6, 6.07) is 33.0. The summed E-state index contributed by atoms with van der Waals surface area (Å²) in [6.45, 7) is 2.32. The minimum atomic E-state index is -1.53. The summed E-state index contributed by atoms with van der Waals surface area (Å²) >= 11 is 0. The fraction of sp³-hybridized carbons (Fsp3) is 0.100. The third-order valence-electron chi connectivity index (χ3n) is 4.07. The van der Waals surface area contributed by atoms with Crippen molar-refractivity contribution in [3.63, 3.8) is 0 Å². The molecular weight excluding hydrogens is 431 g/mol. The number of halogens is 2. The third-order valence-corrected chi connectivity index (χ3v) is 8.55. The van der Waals surface area contributed by atoms with Crippen LogP contribution in [0.15, 0.2) is 91.0 Å². The Labute approximate surface area is 160 Å². The SMILES string of the molecule is Br.Br.CC[P+](c1ccccc1)(c1ccccc1)c1ccccc1. The quantitative estimate of drug-likeness (QED) is 0.480. The van der Waals surface area contributed by atoms with Crippen molar-refractivity contribution in [2.24, 2.45) is 0 Å². The summed E-state index contributed by atoms with van der Waals surface area (Å²) in [6.07, 6.45) is 1.14. The number of hydrogen-bond donors (Lipinski definition) is 0. The van der Waals surface area contributed by atoms with Gasteiger partial charge in [0.15, 0.2) is 0 Å². The Morgan fingerprint density at radius 1 is 0.522 bits per heavy atom. The van der Waals surface area contributed by atoms with Crippen LogP contribution in [0.2, 0.25) is 0 Å². The maximum Gasteiger partial charge on any atom is 0.111 e. The molecule has 3 aromatic carbocycles. The van der Waals surface area contributed by atoms with E-state index in [4.69, 9.17) is 0 Å². The van der Waals surface area contributed by atoms with Crippen LogP contribution in [0.3, 0.4) is 0 Å². The van der Waals surface area contributed by atoms with Crippen LogP contribution in [0.1, 0.15) is 6.92 Å². The van der Waals surface area contributed by atoms with Crippen LogP contribution in [-0.4, -0.2) is 6.16 Å². The van der Waals surface area contributed by atoms with Crippen molar-refractivity contribution in [3.05, 3.63) is 91.0 Å². The summed E-state index contributed by atoms with van der Waals surface area (Å²) in [7, 11) is -1.53. The van der Waals surface area contributed by atoms with Crippen LogP contribution < -0.4 is 15.9 Å². The standard InChI is InChI=1S/C20H20P.2BrH/c1-2-21(18-12-6-3-7-13-18,19-14-8-4-9-15-19)20-16-10-5-11-17-20;;/h3-17H,2H2,1H3;2*1H/q+1;;. The zero-order valence-corrected chi connectivity index (χ0v) is 17.5. The van der Waals surface area contributed by atoms with Crippen molar-refractivity contribution in [1.29, 1.82) is 0 Å². The first-order valence-corrected chi connectivity index (χ1v) is 9.40. The minimum Gasteiger partial charge on any atom is -0.114 e. The van der Waals surface area contributed by atoms with Crippen molar-refractivity contribution >= 4 is 57.1 Å². The van der Waals surface area contributed by atoms with Crippen LogP contribution >= 0.6 is 41.2 Å². The molecule has 0 N–H and O–H groups in total. The number of rotatable bonds is 4. The van der Waals surface area contributed by atoms with Gasteiger partial charge >= 0.3 is 0 Å². The molecule has 3 heteroatoms. The summed E-state index contributed by atoms with van der Waals surface area (Å²) in [5, 5.41) is 4.39. The molecule has 0 aliphatic rings. The molecule has 0 heterocycles. The van der Waals surface area contributed by atoms with E-state index < -0.39 is 7.26 Å². The molecule has 0 fully saturated rings. The van der Waals surface area contributed by atoms with Crippen LogP contribution in [0.4, 0.5) is 0 Å². The summed E-state index contributed by atoms with van der Waals surface area (Å²) in [5.74, 6) is 0. The minimum absolute atomic E-state index is 0. The summed E-state index contributed by atoms with van der Waals surface area (Å²) in [4.78, 5) is 0. The summed E-state index contributed by atoms with van der Waals surface area (Å²) < 4.78 is 0. The molecule has 0 aliphatic carbocycles. The average molecular weight is 453 g/mol. The fourth-order valence-corrected chi connectivity index (χ4v) is 7.08. The highest BCUT2D eigenvalue weighted by Crippen LogP contribution is 2.54. The third kappa shape index (κ3) is 3.94. The van der Waals surface area contributed by atoms with E-state index in [0.29, 0.717) is 0 Å². The first-order valence-electron chi connectivity index (χ1n) is 7.43. The Balaban J connectivity index is 0.00000132. The lowest BCUT2D eigenvalue weighted by Gasteiger charge is -2.26. The van der Waals surface area contributed by atoms with Gasteiger partial charge in [0, 0.05) is 0 Å². The van der Waals surface area contributed by atoms with Crippen molar-refractivity contribution < 1.29 is 0 Å². The van der Waals surface area contributed by atoms with Crippen LogP contribution in [0.5, 0.6) is 0 Å². The Bertz CT molecular complexity index is 588. The Morgan fingerprint density at radius 2 is 0.783 bits per heavy atom. The monoisotopic (exact) mass is 451 g/mol. The van der Waals surface area contributed by atoms with Crippen molar-refractivity contribution in [1.82, 2.24) is 0 Å². The molecule has 0 saturated heterocycles. The van der Waals surface area contributed by atoms with Crippen molar-refractivity contribution in [2.45, 2.75) is 6.92 Å². The van der Waals surface area contributed by atoms with Gasteiger partial charge in [-0.3, -0.25) is 0 Å². The van der Waals surface area contributed by atoms with Crippen molar-refractivity contribution in [2.75, 3.05) is 6.16 Å². The zero-order valence-electron chi connectivity index (χ0n) is 13.1. The lowest BCUT2D eigenvalue weighted by molar-refractivity contribution is 1.48. The first kappa shape index (κ1) is 20.1. The maximum absolute atomic E-state index is 2.32. The lowest BCUT2D eigenvalue weighted by atomic mass is 10.4. The molecule has 3 rings (SSSR count). The second-order valence-electron chi connectivity index (χ2n) is 5.13. The van der Waals surface area contributed by atoms with Gasteiger partial charge < -0.3 is 0 Å². The second-order valence-corrected chi connectivity index (χ2v) is 8.93. The average Bonchev–Trinajstić information content (AvgIpc) is 2.59. The molecule has 0 nitrogen and oxygen atoms in total. The molecule has 0 spiro atoms. The molecule has 120 valence electrons. The molecule has 0 saturated carbocycles. The van der Waals surface area contributed by atoms with E-state index in [1.54, 1.807) is 0 Å². The van der Waals surface area contributed by atoms with Crippen molar-refractivity contribution in [3.8, 4) is 0 Å². The molecule has 0 bridgehead atoms. The first-order chi connectivity index (χ1) is 10.4. The Morgan fingerprint density at radius 3 is 1.00 bits per heavy atom. The second kappa shape index (κ2) is 9.37. The molecule has 23 heavy (non-hydrogen) atoms. The van der Waals surface area contributed by atoms with Crippen LogP contribution in [-0.2, 0) is 0 Å². The van der Waals surface area contributed by atoms with Gasteiger partial charge in [-0.05, 0) is 43.3 Å². The highest BCUT2D eigenvalue weighted by Gasteiger charge is 2.43. The van der Waals surface area contributed by atoms with Crippen LogP contribution in [0, 0.1) is 0 Å². The highest BCUT2D eigenvalue weighted by atomic mass is 79.9. The molecule has 0 aromatic heterocycles. The number of benzene rings is 3. The summed E-state index contributed by atoms with van der Waals surface area (Å²) in [5.41, 5.74) is 0. The molecule has 0 aliphatic heterocycles. The topological polar surface area (TPSA) is 0 Å². The van der Waals surface area contributed by atoms with Gasteiger partial charge in [-0.15, -0.1) is 34.0 Å². The molecule has 3 aromatic rings. The van der Waals surface area contributed by atoms with Gasteiger partial charge in [-0.1, -0.05) is 54.6 Å². The maximum atomic E-state index is 2.32. The van der Waals surface area contributed by atoms with E-state index in [9.17, 15) is 0 Å². The van der Waals surface area contributed by atoms with Gasteiger partial charge in [0.05, 0.1) is 6.16 Å². The fourth-order valence-electron chi connectivity index (χ4n) is 3.04. The van der Waals surface area contributed by atoms with Gasteiger partial charge in [-0.25, -0.2) is 0 Å². The molecular formula is C20H22Br2P+.